The number of carbonyl (C=O) groups is 1. The molecule has 0 bridgehead atoms. The second-order valence-electron chi connectivity index (χ2n) is 6.47. The summed E-state index contributed by atoms with van der Waals surface area (Å²) in [6.45, 7) is 0. The van der Waals surface area contributed by atoms with Crippen LogP contribution in [-0.2, 0) is 9.53 Å². The maximum Gasteiger partial charge on any atom is 0.205 e. The predicted octanol–water partition coefficient (Wildman–Crippen LogP) is 3.77. The van der Waals surface area contributed by atoms with E-state index in [4.69, 9.17) is 14.9 Å². The van der Waals surface area contributed by atoms with Crippen LogP contribution in [-0.4, -0.2) is 5.78 Å². The molecule has 136 valence electrons. The molecule has 2 heterocycles. The van der Waals surface area contributed by atoms with Gasteiger partial charge in [-0.25, -0.2) is 8.78 Å². The number of Topliss-reactive ketones (excluding diaryl/α,β-unsaturated/α-hetero) is 1. The minimum Gasteiger partial charge on any atom is -0.469 e. The van der Waals surface area contributed by atoms with Crippen molar-refractivity contribution in [2.45, 2.75) is 24.7 Å². The van der Waals surface area contributed by atoms with E-state index in [0.717, 1.165) is 12.1 Å². The largest absolute Gasteiger partial charge is 0.469 e. The molecule has 1 aromatic carbocycles. The molecule has 7 heteroatoms. The summed E-state index contributed by atoms with van der Waals surface area (Å²) in [6.07, 6.45) is 1.98. The van der Waals surface area contributed by atoms with Crippen molar-refractivity contribution in [3.8, 4) is 6.07 Å². The van der Waals surface area contributed by atoms with Crippen LogP contribution in [0.1, 0.15) is 36.0 Å². The number of furan rings is 1. The summed E-state index contributed by atoms with van der Waals surface area (Å²) in [5.74, 6) is -2.40. The lowest BCUT2D eigenvalue weighted by atomic mass is 9.74. The molecule has 0 saturated carbocycles. The van der Waals surface area contributed by atoms with E-state index in [0.29, 0.717) is 12.2 Å². The van der Waals surface area contributed by atoms with Crippen molar-refractivity contribution >= 4 is 5.78 Å². The third-order valence-corrected chi connectivity index (χ3v) is 4.88. The normalized spacial score (nSPS) is 22.3. The van der Waals surface area contributed by atoms with Gasteiger partial charge in [-0.2, -0.15) is 5.26 Å². The van der Waals surface area contributed by atoms with E-state index in [9.17, 15) is 18.8 Å². The van der Waals surface area contributed by atoms with Crippen LogP contribution in [0, 0.1) is 23.0 Å². The van der Waals surface area contributed by atoms with Crippen LogP contribution in [0.25, 0.3) is 0 Å². The van der Waals surface area contributed by atoms with Crippen LogP contribution < -0.4 is 5.73 Å². The van der Waals surface area contributed by atoms with Crippen molar-refractivity contribution in [1.29, 1.82) is 5.26 Å². The van der Waals surface area contributed by atoms with E-state index < -0.39 is 17.6 Å². The van der Waals surface area contributed by atoms with Gasteiger partial charge in [0.1, 0.15) is 34.8 Å². The summed E-state index contributed by atoms with van der Waals surface area (Å²) in [4.78, 5) is 12.9. The second kappa shape index (κ2) is 6.40. The molecule has 2 aliphatic rings. The van der Waals surface area contributed by atoms with Crippen LogP contribution in [0.15, 0.2) is 63.8 Å². The van der Waals surface area contributed by atoms with Crippen molar-refractivity contribution in [2.75, 3.05) is 0 Å². The van der Waals surface area contributed by atoms with Crippen LogP contribution in [0.2, 0.25) is 0 Å². The van der Waals surface area contributed by atoms with E-state index in [1.54, 1.807) is 12.1 Å². The Morgan fingerprint density at radius 2 is 2.04 bits per heavy atom. The number of hydrogen-bond acceptors (Lipinski definition) is 5. The van der Waals surface area contributed by atoms with E-state index in [1.807, 2.05) is 6.07 Å². The number of nitrogens with zero attached hydrogens (tertiary/aromatic N) is 1. The first kappa shape index (κ1) is 17.0. The highest BCUT2D eigenvalue weighted by Gasteiger charge is 2.42. The average molecular weight is 368 g/mol. The Morgan fingerprint density at radius 3 is 2.70 bits per heavy atom. The number of rotatable bonds is 2. The summed E-state index contributed by atoms with van der Waals surface area (Å²) in [7, 11) is 0. The molecule has 0 fully saturated rings. The molecule has 0 saturated heterocycles. The highest BCUT2D eigenvalue weighted by atomic mass is 19.1. The molecule has 0 spiro atoms. The van der Waals surface area contributed by atoms with Crippen LogP contribution in [0.5, 0.6) is 0 Å². The predicted molar refractivity (Wildman–Crippen MR) is 89.7 cm³/mol. The summed E-state index contributed by atoms with van der Waals surface area (Å²) >= 11 is 0. The Bertz CT molecular complexity index is 1030. The Morgan fingerprint density at radius 1 is 1.22 bits per heavy atom. The number of ether oxygens (including phenoxy) is 1. The van der Waals surface area contributed by atoms with Gasteiger partial charge in [-0.3, -0.25) is 4.79 Å². The number of allylic oxidation sites excluding steroid dienone is 3. The zero-order valence-electron chi connectivity index (χ0n) is 14.0. The molecule has 5 nitrogen and oxygen atoms in total. The molecule has 2 atom stereocenters. The van der Waals surface area contributed by atoms with Gasteiger partial charge >= 0.3 is 0 Å². The van der Waals surface area contributed by atoms with Gasteiger partial charge in [0.25, 0.3) is 0 Å². The molecular weight excluding hydrogens is 354 g/mol. The lowest BCUT2D eigenvalue weighted by molar-refractivity contribution is -0.117. The first-order valence-corrected chi connectivity index (χ1v) is 8.31. The molecule has 1 aliphatic carbocycles. The quantitative estimate of drug-likeness (QED) is 0.872. The SMILES string of the molecule is N#CC1=C(N)OC2=C(C(=O)CC(c3ccco3)C2)C1c1ccc(F)cc1F. The smallest absolute Gasteiger partial charge is 0.205 e. The van der Waals surface area contributed by atoms with Gasteiger partial charge in [0.15, 0.2) is 5.78 Å². The maximum atomic E-state index is 14.5. The lowest BCUT2D eigenvalue weighted by Crippen LogP contribution is -2.30. The molecule has 0 amide bonds. The maximum absolute atomic E-state index is 14.5. The fourth-order valence-electron chi connectivity index (χ4n) is 3.68. The highest BCUT2D eigenvalue weighted by Crippen LogP contribution is 2.47. The molecule has 2 unspecified atom stereocenters. The number of hydrogen-bond donors (Lipinski definition) is 1. The fourth-order valence-corrected chi connectivity index (χ4v) is 3.68. The van der Waals surface area contributed by atoms with E-state index >= 15 is 0 Å². The third-order valence-electron chi connectivity index (χ3n) is 4.88. The second-order valence-corrected chi connectivity index (χ2v) is 6.47. The average Bonchev–Trinajstić information content (AvgIpc) is 3.15. The van der Waals surface area contributed by atoms with Gasteiger partial charge in [-0.05, 0) is 18.2 Å². The number of carbonyl (C=O) groups excluding carboxylic acids is 1. The number of ketones is 1. The molecule has 1 aliphatic heterocycles. The molecule has 4 rings (SSSR count). The number of nitrogens with two attached hydrogens (primary N) is 1. The molecule has 2 aromatic rings. The Labute approximate surface area is 153 Å². The van der Waals surface area contributed by atoms with Gasteiger partial charge in [0.05, 0.1) is 12.2 Å². The minimum absolute atomic E-state index is 0.0106. The highest BCUT2D eigenvalue weighted by molar-refractivity contribution is 6.00. The van der Waals surface area contributed by atoms with E-state index in [1.165, 1.54) is 12.3 Å². The van der Waals surface area contributed by atoms with Crippen LogP contribution in [0.4, 0.5) is 8.78 Å². The van der Waals surface area contributed by atoms with Gasteiger partial charge in [-0.1, -0.05) is 6.07 Å². The monoisotopic (exact) mass is 368 g/mol. The zero-order chi connectivity index (χ0) is 19.1. The van der Waals surface area contributed by atoms with Crippen molar-refractivity contribution < 1.29 is 22.7 Å². The van der Waals surface area contributed by atoms with Gasteiger partial charge < -0.3 is 14.9 Å². The third kappa shape index (κ3) is 2.79. The number of nitriles is 1. The topological polar surface area (TPSA) is 89.3 Å². The number of halogens is 2. The molecular formula is C20H14F2N2O3. The van der Waals surface area contributed by atoms with Crippen molar-refractivity contribution in [3.63, 3.8) is 0 Å². The summed E-state index contributed by atoms with van der Waals surface area (Å²) in [6, 6.07) is 8.42. The van der Waals surface area contributed by atoms with Gasteiger partial charge in [0.2, 0.25) is 5.88 Å². The van der Waals surface area contributed by atoms with Crippen LogP contribution >= 0.6 is 0 Å². The van der Waals surface area contributed by atoms with Gasteiger partial charge in [0, 0.05) is 36.0 Å². The Balaban J connectivity index is 1.84. The summed E-state index contributed by atoms with van der Waals surface area (Å²) in [5, 5.41) is 9.50. The Hall–Kier alpha value is -3.40. The van der Waals surface area contributed by atoms with E-state index in [2.05, 4.69) is 0 Å². The first-order chi connectivity index (χ1) is 13.0. The summed E-state index contributed by atoms with van der Waals surface area (Å²) < 4.78 is 38.7. The summed E-state index contributed by atoms with van der Waals surface area (Å²) in [5.41, 5.74) is 6.02. The fraction of sp³-hybridized carbons (Fsp3) is 0.200. The van der Waals surface area contributed by atoms with Gasteiger partial charge in [-0.15, -0.1) is 0 Å². The molecule has 1 aromatic heterocycles. The van der Waals surface area contributed by atoms with Crippen molar-refractivity contribution in [2.24, 2.45) is 5.73 Å². The van der Waals surface area contributed by atoms with Crippen LogP contribution in [0.3, 0.4) is 0 Å². The van der Waals surface area contributed by atoms with Crippen molar-refractivity contribution in [1.82, 2.24) is 0 Å². The minimum atomic E-state index is -1.02. The molecule has 0 radical (unpaired) electrons. The zero-order valence-corrected chi connectivity index (χ0v) is 14.0. The number of benzene rings is 1. The first-order valence-electron chi connectivity index (χ1n) is 8.31. The Kier molecular flexibility index (Phi) is 4.04. The standard InChI is InChI=1S/C20H14F2N2O3/c21-11-3-4-12(14(22)8-11)18-13(9-23)20(24)27-17-7-10(6-15(25)19(17)18)16-2-1-5-26-16/h1-5,8,10,18H,6-7,24H2. The molecule has 2 N–H and O–H groups in total. The lowest BCUT2D eigenvalue weighted by Gasteiger charge is -2.33. The van der Waals surface area contributed by atoms with Crippen molar-refractivity contribution in [3.05, 3.63) is 82.3 Å². The molecule has 27 heavy (non-hydrogen) atoms. The van der Waals surface area contributed by atoms with E-state index in [-0.39, 0.29) is 46.5 Å².